The number of rotatable bonds is 6. The standard InChI is InChI=1S/C25H23ClF3N7O3.ClH/c1-39-21-10-15(6-9-31-21)22-33-24-35(12-17(23(38)36(24)34-22)14-4-7-30-8-5-14)13-20(37)32-19-3-2-16(11-18(19)26)25(27,28)29;/h2-3,6,9-12,14,30H,4-5,7-8,13H2,1H3,(H,32,37);1H. The van der Waals surface area contributed by atoms with Gasteiger partial charge in [-0.3, -0.25) is 9.59 Å². The van der Waals surface area contributed by atoms with E-state index < -0.39 is 17.6 Å². The van der Waals surface area contributed by atoms with Gasteiger partial charge in [-0.05, 0) is 56.1 Å². The van der Waals surface area contributed by atoms with Crippen molar-refractivity contribution in [1.82, 2.24) is 29.5 Å². The number of carbonyl (C=O) groups is 1. The second-order valence-corrected chi connectivity index (χ2v) is 9.42. The van der Waals surface area contributed by atoms with Crippen molar-refractivity contribution in [3.05, 3.63) is 69.2 Å². The van der Waals surface area contributed by atoms with Crippen LogP contribution in [-0.4, -0.2) is 50.3 Å². The smallest absolute Gasteiger partial charge is 0.416 e. The number of halogens is 5. The van der Waals surface area contributed by atoms with Gasteiger partial charge in [0.15, 0.2) is 5.82 Å². The summed E-state index contributed by atoms with van der Waals surface area (Å²) in [7, 11) is 1.47. The Morgan fingerprint density at radius 1 is 1.23 bits per heavy atom. The maximum atomic E-state index is 13.5. The number of hydrogen-bond acceptors (Lipinski definition) is 7. The molecule has 0 spiro atoms. The number of nitrogens with one attached hydrogen (secondary N) is 2. The van der Waals surface area contributed by atoms with Crippen molar-refractivity contribution in [3.8, 4) is 17.3 Å². The van der Waals surface area contributed by atoms with Gasteiger partial charge in [-0.15, -0.1) is 17.5 Å². The highest BCUT2D eigenvalue weighted by atomic mass is 35.5. The molecule has 0 bridgehead atoms. The first-order valence-electron chi connectivity index (χ1n) is 12.0. The Kier molecular flexibility index (Phi) is 8.66. The van der Waals surface area contributed by atoms with E-state index in [-0.39, 0.29) is 52.7 Å². The lowest BCUT2D eigenvalue weighted by Crippen LogP contribution is -2.32. The van der Waals surface area contributed by atoms with Crippen molar-refractivity contribution in [1.29, 1.82) is 0 Å². The lowest BCUT2D eigenvalue weighted by atomic mass is 9.92. The van der Waals surface area contributed by atoms with Crippen LogP contribution in [0.1, 0.15) is 29.9 Å². The van der Waals surface area contributed by atoms with E-state index in [0.29, 0.717) is 17.0 Å². The van der Waals surface area contributed by atoms with Crippen LogP contribution in [0.3, 0.4) is 0 Å². The van der Waals surface area contributed by atoms with Gasteiger partial charge in [-0.25, -0.2) is 4.98 Å². The molecule has 4 heterocycles. The SMILES string of the molecule is COc1cc(-c2nc3n(CC(=O)Nc4ccc(C(F)(F)F)cc4Cl)cc(C4CCNCC4)c(=O)n3n2)ccn1.Cl. The monoisotopic (exact) mass is 597 g/mol. The molecule has 10 nitrogen and oxygen atoms in total. The molecule has 3 aromatic heterocycles. The van der Waals surface area contributed by atoms with E-state index in [4.69, 9.17) is 16.3 Å². The summed E-state index contributed by atoms with van der Waals surface area (Å²) in [6, 6.07) is 5.96. The van der Waals surface area contributed by atoms with Gasteiger partial charge in [0.05, 0.1) is 23.4 Å². The molecule has 4 aromatic rings. The predicted molar refractivity (Wildman–Crippen MR) is 144 cm³/mol. The van der Waals surface area contributed by atoms with Crippen LogP contribution in [0.2, 0.25) is 5.02 Å². The zero-order valence-electron chi connectivity index (χ0n) is 21.0. The van der Waals surface area contributed by atoms with Gasteiger partial charge < -0.3 is 19.9 Å². The van der Waals surface area contributed by atoms with E-state index in [1.54, 1.807) is 18.3 Å². The van der Waals surface area contributed by atoms with Gasteiger partial charge in [0.25, 0.3) is 5.56 Å². The highest BCUT2D eigenvalue weighted by Gasteiger charge is 2.31. The molecule has 1 saturated heterocycles. The van der Waals surface area contributed by atoms with Gasteiger partial charge in [0.2, 0.25) is 17.6 Å². The molecule has 1 fully saturated rings. The van der Waals surface area contributed by atoms with E-state index in [9.17, 15) is 22.8 Å². The summed E-state index contributed by atoms with van der Waals surface area (Å²) in [4.78, 5) is 35.1. The number of benzene rings is 1. The zero-order chi connectivity index (χ0) is 27.7. The molecule has 15 heteroatoms. The van der Waals surface area contributed by atoms with E-state index >= 15 is 0 Å². The Morgan fingerprint density at radius 3 is 2.65 bits per heavy atom. The number of ether oxygens (including phenoxy) is 1. The first-order valence-corrected chi connectivity index (χ1v) is 12.4. The first-order chi connectivity index (χ1) is 18.6. The van der Waals surface area contributed by atoms with Gasteiger partial charge in [-0.1, -0.05) is 11.6 Å². The van der Waals surface area contributed by atoms with Crippen molar-refractivity contribution >= 4 is 41.4 Å². The number of piperidine rings is 1. The van der Waals surface area contributed by atoms with Crippen LogP contribution in [0, 0.1) is 0 Å². The quantitative estimate of drug-likeness (QED) is 0.343. The van der Waals surface area contributed by atoms with Crippen molar-refractivity contribution in [2.75, 3.05) is 25.5 Å². The van der Waals surface area contributed by atoms with E-state index in [0.717, 1.165) is 48.6 Å². The van der Waals surface area contributed by atoms with Crippen LogP contribution in [0.5, 0.6) is 5.88 Å². The van der Waals surface area contributed by atoms with Gasteiger partial charge in [0, 0.05) is 29.6 Å². The topological polar surface area (TPSA) is 115 Å². The molecule has 0 unspecified atom stereocenters. The molecule has 1 aromatic carbocycles. The zero-order valence-corrected chi connectivity index (χ0v) is 22.6. The molecule has 0 aliphatic carbocycles. The fraction of sp³-hybridized carbons (Fsp3) is 0.320. The summed E-state index contributed by atoms with van der Waals surface area (Å²) in [5.74, 6) is 0.0705. The average Bonchev–Trinajstić information content (AvgIpc) is 3.38. The Hall–Kier alpha value is -3.68. The molecular weight excluding hydrogens is 574 g/mol. The number of fused-ring (bicyclic) bond motifs is 1. The normalized spacial score (nSPS) is 14.1. The van der Waals surface area contributed by atoms with E-state index in [2.05, 4.69) is 25.7 Å². The third-order valence-electron chi connectivity index (χ3n) is 6.45. The number of pyridine rings is 1. The van der Waals surface area contributed by atoms with Crippen molar-refractivity contribution in [2.45, 2.75) is 31.5 Å². The van der Waals surface area contributed by atoms with Crippen LogP contribution < -0.4 is 20.9 Å². The first kappa shape index (κ1) is 29.3. The highest BCUT2D eigenvalue weighted by Crippen LogP contribution is 2.34. The number of amides is 1. The van der Waals surface area contributed by atoms with Crippen molar-refractivity contribution < 1.29 is 22.7 Å². The van der Waals surface area contributed by atoms with Crippen LogP contribution in [0.25, 0.3) is 17.2 Å². The molecule has 1 aliphatic rings. The molecule has 5 rings (SSSR count). The average molecular weight is 598 g/mol. The summed E-state index contributed by atoms with van der Waals surface area (Å²) in [5, 5.41) is 9.97. The maximum absolute atomic E-state index is 13.5. The minimum Gasteiger partial charge on any atom is -0.481 e. The predicted octanol–water partition coefficient (Wildman–Crippen LogP) is 4.16. The largest absolute Gasteiger partial charge is 0.481 e. The van der Waals surface area contributed by atoms with E-state index in [1.807, 2.05) is 0 Å². The van der Waals surface area contributed by atoms with Crippen LogP contribution in [0.15, 0.2) is 47.5 Å². The summed E-state index contributed by atoms with van der Waals surface area (Å²) < 4.78 is 46.8. The number of anilines is 1. The number of nitrogens with zero attached hydrogens (tertiary/aromatic N) is 5. The van der Waals surface area contributed by atoms with Crippen molar-refractivity contribution in [3.63, 3.8) is 0 Å². The third-order valence-corrected chi connectivity index (χ3v) is 6.76. The van der Waals surface area contributed by atoms with Crippen molar-refractivity contribution in [2.24, 2.45) is 0 Å². The molecule has 2 N–H and O–H groups in total. The Morgan fingerprint density at radius 2 is 1.98 bits per heavy atom. The van der Waals surface area contributed by atoms with E-state index in [1.165, 1.54) is 17.9 Å². The lowest BCUT2D eigenvalue weighted by molar-refractivity contribution is -0.137. The molecule has 0 saturated carbocycles. The van der Waals surface area contributed by atoms with Gasteiger partial charge in [-0.2, -0.15) is 22.7 Å². The van der Waals surface area contributed by atoms with Crippen LogP contribution in [0.4, 0.5) is 18.9 Å². The highest BCUT2D eigenvalue weighted by molar-refractivity contribution is 6.33. The molecular formula is C25H24Cl2F3N7O3. The number of alkyl halides is 3. The van der Waals surface area contributed by atoms with Gasteiger partial charge in [0.1, 0.15) is 6.54 Å². The lowest BCUT2D eigenvalue weighted by Gasteiger charge is -2.23. The second-order valence-electron chi connectivity index (χ2n) is 9.02. The molecule has 212 valence electrons. The Balaban J connectivity index is 0.00000370. The van der Waals surface area contributed by atoms with Crippen LogP contribution in [-0.2, 0) is 17.5 Å². The fourth-order valence-corrected chi connectivity index (χ4v) is 4.71. The number of aromatic nitrogens is 5. The molecule has 1 aliphatic heterocycles. The summed E-state index contributed by atoms with van der Waals surface area (Å²) in [5.41, 5.74) is -0.188. The summed E-state index contributed by atoms with van der Waals surface area (Å²) >= 11 is 6.01. The Bertz CT molecular complexity index is 1600. The maximum Gasteiger partial charge on any atom is 0.416 e. The van der Waals surface area contributed by atoms with Gasteiger partial charge >= 0.3 is 6.18 Å². The summed E-state index contributed by atoms with van der Waals surface area (Å²) in [6.45, 7) is 1.19. The minimum atomic E-state index is -4.57. The number of carbonyl (C=O) groups excluding carboxylic acids is 1. The fourth-order valence-electron chi connectivity index (χ4n) is 4.48. The molecule has 0 radical (unpaired) electrons. The van der Waals surface area contributed by atoms with Crippen LogP contribution >= 0.6 is 24.0 Å². The number of methoxy groups -OCH3 is 1. The molecule has 1 amide bonds. The molecule has 0 atom stereocenters. The summed E-state index contributed by atoms with van der Waals surface area (Å²) in [6.07, 6.45) is 0.0261. The Labute approximate surface area is 236 Å². The third kappa shape index (κ3) is 6.06. The molecule has 40 heavy (non-hydrogen) atoms. The second kappa shape index (κ2) is 11.8. The number of hydrogen-bond donors (Lipinski definition) is 2. The minimum absolute atomic E-state index is 0.